The molecule has 4 nitrogen and oxygen atoms in total. The molecule has 0 amide bonds. The molecule has 0 aliphatic heterocycles. The van der Waals surface area contributed by atoms with Gasteiger partial charge in [0.05, 0.1) is 0 Å². The van der Waals surface area contributed by atoms with Gasteiger partial charge in [-0.25, -0.2) is 21.6 Å². The Balaban J connectivity index is 2.44. The van der Waals surface area contributed by atoms with Gasteiger partial charge in [-0.2, -0.15) is 0 Å². The van der Waals surface area contributed by atoms with E-state index in [4.69, 9.17) is 5.73 Å². The fraction of sp³-hybridized carbons (Fsp3) is 0.0769. The van der Waals surface area contributed by atoms with Crippen LogP contribution in [0.1, 0.15) is 5.56 Å². The maximum atomic E-state index is 13.8. The van der Waals surface area contributed by atoms with Crippen molar-refractivity contribution in [3.63, 3.8) is 0 Å². The van der Waals surface area contributed by atoms with Crippen LogP contribution in [0.25, 0.3) is 0 Å². The average molecular weight is 316 g/mol. The number of para-hydroxylation sites is 1. The van der Waals surface area contributed by atoms with E-state index in [-0.39, 0.29) is 6.54 Å². The molecule has 21 heavy (non-hydrogen) atoms. The van der Waals surface area contributed by atoms with E-state index in [1.54, 1.807) is 4.72 Å². The number of anilines is 1. The van der Waals surface area contributed by atoms with E-state index >= 15 is 0 Å². The average Bonchev–Trinajstić information content (AvgIpc) is 2.42. The zero-order valence-electron chi connectivity index (χ0n) is 10.6. The maximum Gasteiger partial charge on any atom is 0.264 e. The third-order valence-corrected chi connectivity index (χ3v) is 4.10. The summed E-state index contributed by atoms with van der Waals surface area (Å²) in [6.45, 7) is 0.0343. The van der Waals surface area contributed by atoms with Gasteiger partial charge in [-0.15, -0.1) is 0 Å². The highest BCUT2D eigenvalue weighted by Gasteiger charge is 2.22. The first-order chi connectivity index (χ1) is 9.85. The fourth-order valence-corrected chi connectivity index (χ4v) is 2.81. The van der Waals surface area contributed by atoms with Gasteiger partial charge in [-0.3, -0.25) is 4.72 Å². The predicted molar refractivity (Wildman–Crippen MR) is 71.5 cm³/mol. The van der Waals surface area contributed by atoms with Crippen molar-refractivity contribution in [2.75, 3.05) is 4.72 Å². The highest BCUT2D eigenvalue weighted by atomic mass is 32.2. The van der Waals surface area contributed by atoms with E-state index in [1.165, 1.54) is 6.07 Å². The van der Waals surface area contributed by atoms with Crippen LogP contribution >= 0.6 is 0 Å². The van der Waals surface area contributed by atoms with Crippen molar-refractivity contribution < 1.29 is 21.6 Å². The molecule has 0 unspecified atom stereocenters. The second-order valence-corrected chi connectivity index (χ2v) is 5.82. The van der Waals surface area contributed by atoms with Crippen LogP contribution in [0.15, 0.2) is 41.3 Å². The lowest BCUT2D eigenvalue weighted by Gasteiger charge is -2.11. The van der Waals surface area contributed by atoms with Gasteiger partial charge in [0.25, 0.3) is 10.0 Å². The van der Waals surface area contributed by atoms with Crippen molar-refractivity contribution in [1.29, 1.82) is 0 Å². The molecule has 3 N–H and O–H groups in total. The van der Waals surface area contributed by atoms with Crippen LogP contribution in [0, 0.1) is 17.5 Å². The van der Waals surface area contributed by atoms with Crippen molar-refractivity contribution in [3.05, 3.63) is 59.4 Å². The number of halogens is 3. The van der Waals surface area contributed by atoms with Gasteiger partial charge < -0.3 is 5.73 Å². The number of hydrogen-bond donors (Lipinski definition) is 2. The largest absolute Gasteiger partial charge is 0.326 e. The summed E-state index contributed by atoms with van der Waals surface area (Å²) in [5.74, 6) is -3.25. The van der Waals surface area contributed by atoms with E-state index in [1.807, 2.05) is 0 Å². The second kappa shape index (κ2) is 5.74. The van der Waals surface area contributed by atoms with E-state index in [9.17, 15) is 21.6 Å². The Kier molecular flexibility index (Phi) is 4.19. The summed E-state index contributed by atoms with van der Waals surface area (Å²) in [6, 6.07) is 6.10. The Bertz CT molecular complexity index is 759. The Hall–Kier alpha value is -2.06. The maximum absolute atomic E-state index is 13.8. The number of benzene rings is 2. The topological polar surface area (TPSA) is 72.2 Å². The summed E-state index contributed by atoms with van der Waals surface area (Å²) in [5, 5.41) is 0. The molecule has 0 saturated heterocycles. The van der Waals surface area contributed by atoms with Gasteiger partial charge in [0, 0.05) is 6.54 Å². The lowest BCUT2D eigenvalue weighted by atomic mass is 10.2. The number of nitrogens with one attached hydrogen (secondary N) is 1. The summed E-state index contributed by atoms with van der Waals surface area (Å²) in [6.07, 6.45) is 0. The summed E-state index contributed by atoms with van der Waals surface area (Å²) < 4.78 is 66.4. The molecule has 8 heteroatoms. The number of sulfonamides is 1. The van der Waals surface area contributed by atoms with Crippen molar-refractivity contribution in [2.45, 2.75) is 11.4 Å². The zero-order valence-corrected chi connectivity index (χ0v) is 11.4. The van der Waals surface area contributed by atoms with Gasteiger partial charge in [0.1, 0.15) is 28.0 Å². The molecule has 0 aromatic heterocycles. The summed E-state index contributed by atoms with van der Waals surface area (Å²) >= 11 is 0. The van der Waals surface area contributed by atoms with Crippen LogP contribution in [0.3, 0.4) is 0 Å². The Morgan fingerprint density at radius 1 is 1.00 bits per heavy atom. The molecule has 112 valence electrons. The first-order valence-corrected chi connectivity index (χ1v) is 7.29. The monoisotopic (exact) mass is 316 g/mol. The minimum atomic E-state index is -4.46. The van der Waals surface area contributed by atoms with Gasteiger partial charge in [0.2, 0.25) is 0 Å². The van der Waals surface area contributed by atoms with Gasteiger partial charge in [-0.1, -0.05) is 12.1 Å². The number of nitrogens with two attached hydrogens (primary N) is 1. The Morgan fingerprint density at radius 3 is 2.14 bits per heavy atom. The van der Waals surface area contributed by atoms with Crippen LogP contribution < -0.4 is 10.5 Å². The predicted octanol–water partition coefficient (Wildman–Crippen LogP) is 2.36. The standard InChI is InChI=1S/C13H11F3N2O2S/c14-9-2-1-3-10(15)13(9)18-21(19,20)12-5-4-8(7-17)6-11(12)16/h1-6,18H,7,17H2. The molecule has 2 aromatic rings. The molecule has 2 aromatic carbocycles. The van der Waals surface area contributed by atoms with Crippen LogP contribution in [0.4, 0.5) is 18.9 Å². The van der Waals surface area contributed by atoms with E-state index in [2.05, 4.69) is 0 Å². The molecular weight excluding hydrogens is 305 g/mol. The first kappa shape index (κ1) is 15.3. The van der Waals surface area contributed by atoms with Crippen LogP contribution in [0.2, 0.25) is 0 Å². The normalized spacial score (nSPS) is 11.4. The van der Waals surface area contributed by atoms with Gasteiger partial charge in [-0.05, 0) is 29.8 Å². The van der Waals surface area contributed by atoms with Crippen molar-refractivity contribution in [3.8, 4) is 0 Å². The quantitative estimate of drug-likeness (QED) is 0.909. The zero-order chi connectivity index (χ0) is 15.6. The molecule has 0 radical (unpaired) electrons. The minimum Gasteiger partial charge on any atom is -0.326 e. The molecule has 0 aliphatic carbocycles. The molecule has 0 fully saturated rings. The van der Waals surface area contributed by atoms with Crippen LogP contribution in [-0.4, -0.2) is 8.42 Å². The van der Waals surface area contributed by atoms with Gasteiger partial charge in [0.15, 0.2) is 0 Å². The minimum absolute atomic E-state index is 0.0343. The van der Waals surface area contributed by atoms with Gasteiger partial charge >= 0.3 is 0 Å². The molecule has 0 atom stereocenters. The highest BCUT2D eigenvalue weighted by Crippen LogP contribution is 2.24. The SMILES string of the molecule is NCc1ccc(S(=O)(=O)Nc2c(F)cccc2F)c(F)c1. The molecule has 0 spiro atoms. The first-order valence-electron chi connectivity index (χ1n) is 5.80. The number of rotatable bonds is 4. The third kappa shape index (κ3) is 3.17. The molecule has 0 aliphatic rings. The Labute approximate surface area is 119 Å². The van der Waals surface area contributed by atoms with Crippen molar-refractivity contribution in [2.24, 2.45) is 5.73 Å². The van der Waals surface area contributed by atoms with E-state index < -0.39 is 38.1 Å². The molecule has 0 saturated carbocycles. The summed E-state index contributed by atoms with van der Waals surface area (Å²) in [5.41, 5.74) is 4.84. The lowest BCUT2D eigenvalue weighted by molar-refractivity contribution is 0.565. The van der Waals surface area contributed by atoms with Crippen molar-refractivity contribution >= 4 is 15.7 Å². The summed E-state index contributed by atoms with van der Waals surface area (Å²) in [4.78, 5) is -0.720. The summed E-state index contributed by atoms with van der Waals surface area (Å²) in [7, 11) is -4.46. The van der Waals surface area contributed by atoms with Crippen LogP contribution in [-0.2, 0) is 16.6 Å². The van der Waals surface area contributed by atoms with Crippen LogP contribution in [0.5, 0.6) is 0 Å². The molecule has 0 bridgehead atoms. The fourth-order valence-electron chi connectivity index (χ4n) is 1.67. The molecular formula is C13H11F3N2O2S. The molecule has 0 heterocycles. The smallest absolute Gasteiger partial charge is 0.264 e. The van der Waals surface area contributed by atoms with Crippen molar-refractivity contribution in [1.82, 2.24) is 0 Å². The lowest BCUT2D eigenvalue weighted by Crippen LogP contribution is -2.17. The van der Waals surface area contributed by atoms with E-state index in [0.29, 0.717) is 5.56 Å². The second-order valence-electron chi connectivity index (χ2n) is 4.17. The molecule has 2 rings (SSSR count). The third-order valence-electron chi connectivity index (χ3n) is 2.72. The Morgan fingerprint density at radius 2 is 1.62 bits per heavy atom. The highest BCUT2D eigenvalue weighted by molar-refractivity contribution is 7.92. The van der Waals surface area contributed by atoms with E-state index in [0.717, 1.165) is 30.3 Å². The number of hydrogen-bond acceptors (Lipinski definition) is 3.